The fourth-order valence-electron chi connectivity index (χ4n) is 5.30. The molecule has 2 aliphatic carbocycles. The van der Waals surface area contributed by atoms with Gasteiger partial charge in [0.25, 0.3) is 0 Å². The number of carbonyl (C=O) groups excluding carboxylic acids is 2. The van der Waals surface area contributed by atoms with Crippen molar-refractivity contribution in [2.24, 2.45) is 22.7 Å². The van der Waals surface area contributed by atoms with Gasteiger partial charge in [-0.3, -0.25) is 10.1 Å². The predicted octanol–water partition coefficient (Wildman–Crippen LogP) is 2.26. The number of fused-ring (bicyclic) bond motifs is 1. The number of nitrogens with one attached hydrogen (secondary N) is 3. The summed E-state index contributed by atoms with van der Waals surface area (Å²) in [4.78, 5) is 47.6. The van der Waals surface area contributed by atoms with Crippen molar-refractivity contribution in [2.75, 3.05) is 20.5 Å². The van der Waals surface area contributed by atoms with Crippen molar-refractivity contribution < 1.29 is 59.9 Å². The van der Waals surface area contributed by atoms with Gasteiger partial charge in [0.2, 0.25) is 12.7 Å². The number of nitrogens with zero attached hydrogens (tertiary/aromatic N) is 2. The number of rotatable bonds is 8. The summed E-state index contributed by atoms with van der Waals surface area (Å²) in [6.45, 7) is 0.703. The molecule has 0 bridgehead atoms. The number of hydrogen-bond donors (Lipinski definition) is 5. The maximum Gasteiger partial charge on any atom is 0.472 e. The summed E-state index contributed by atoms with van der Waals surface area (Å²) in [5, 5.41) is 6.25. The average molecular weight is 624 g/mol. The van der Waals surface area contributed by atoms with E-state index in [1.165, 1.54) is 7.11 Å². The number of carbonyl (C=O) groups is 2. The molecule has 1 aliphatic heterocycles. The smallest absolute Gasteiger partial charge is 0.421 e. The third-order valence-corrected chi connectivity index (χ3v) is 7.76. The molecule has 0 spiro atoms. The van der Waals surface area contributed by atoms with Crippen LogP contribution in [0.2, 0.25) is 0 Å². The molecule has 1 saturated heterocycles. The summed E-state index contributed by atoms with van der Waals surface area (Å²) < 4.78 is 92.9. The van der Waals surface area contributed by atoms with Gasteiger partial charge in [0, 0.05) is 25.0 Å². The van der Waals surface area contributed by atoms with Crippen LogP contribution >= 0.6 is 7.82 Å². The lowest BCUT2D eigenvalue weighted by molar-refractivity contribution is -0.187. The first-order valence-corrected chi connectivity index (χ1v) is 14.5. The highest BCUT2D eigenvalue weighted by Crippen LogP contribution is 2.45. The van der Waals surface area contributed by atoms with Crippen molar-refractivity contribution in [3.05, 3.63) is 0 Å². The Balaban J connectivity index is 1.82. The zero-order valence-corrected chi connectivity index (χ0v) is 23.2. The molecule has 19 heteroatoms. The van der Waals surface area contributed by atoms with E-state index in [1.807, 2.05) is 0 Å². The van der Waals surface area contributed by atoms with E-state index in [9.17, 15) is 36.1 Å². The lowest BCUT2D eigenvalue weighted by Crippen LogP contribution is -2.50. The highest BCUT2D eigenvalue weighted by atomic mass is 31.2. The number of methoxy groups -OCH3 is 1. The number of guanidine groups is 1. The fraction of sp³-hybridized carbons (Fsp3) is 0.864. The maximum absolute atomic E-state index is 13.9. The third-order valence-electron chi connectivity index (χ3n) is 7.31. The number of phosphoric ester groups is 1. The lowest BCUT2D eigenvalue weighted by Gasteiger charge is -2.35. The molecule has 236 valence electrons. The zero-order chi connectivity index (χ0) is 30.5. The van der Waals surface area contributed by atoms with Gasteiger partial charge in [-0.05, 0) is 45.4 Å². The normalized spacial score (nSPS) is 31.8. The summed E-state index contributed by atoms with van der Waals surface area (Å²) >= 11 is 0. The fourth-order valence-corrected chi connectivity index (χ4v) is 5.49. The number of hydrazine groups is 1. The van der Waals surface area contributed by atoms with Crippen LogP contribution in [0.3, 0.4) is 0 Å². The van der Waals surface area contributed by atoms with Crippen molar-refractivity contribution >= 4 is 25.8 Å². The van der Waals surface area contributed by atoms with E-state index < -0.39 is 87.6 Å². The first-order valence-electron chi connectivity index (χ1n) is 13.0. The average Bonchev–Trinajstić information content (AvgIpc) is 3.22. The lowest BCUT2D eigenvalue weighted by atomic mass is 9.77. The minimum Gasteiger partial charge on any atom is -0.421 e. The molecule has 0 radical (unpaired) electrons. The first kappa shape index (κ1) is 33.4. The van der Waals surface area contributed by atoms with Gasteiger partial charge in [-0.25, -0.2) is 38.1 Å². The minimum atomic E-state index is -4.99. The second-order valence-electron chi connectivity index (χ2n) is 10.4. The van der Waals surface area contributed by atoms with Gasteiger partial charge < -0.3 is 24.6 Å². The van der Waals surface area contributed by atoms with Crippen LogP contribution in [0.4, 0.5) is 26.7 Å². The van der Waals surface area contributed by atoms with Crippen LogP contribution in [0.5, 0.6) is 0 Å². The Kier molecular flexibility index (Phi) is 11.3. The third kappa shape index (κ3) is 9.44. The number of ether oxygens (including phenoxy) is 2. The molecule has 13 nitrogen and oxygen atoms in total. The maximum atomic E-state index is 13.9. The van der Waals surface area contributed by atoms with Crippen molar-refractivity contribution in [3.8, 4) is 0 Å². The molecule has 0 aromatic heterocycles. The molecular weight excluding hydrogens is 588 g/mol. The van der Waals surface area contributed by atoms with Crippen molar-refractivity contribution in [3.63, 3.8) is 0 Å². The van der Waals surface area contributed by atoms with Crippen LogP contribution < -0.4 is 16.1 Å². The van der Waals surface area contributed by atoms with E-state index in [4.69, 9.17) is 19.3 Å². The molecule has 8 atom stereocenters. The van der Waals surface area contributed by atoms with Gasteiger partial charge in [-0.2, -0.15) is 13.2 Å². The number of phosphoric acid groups is 1. The Hall–Kier alpha value is -2.11. The van der Waals surface area contributed by atoms with Gasteiger partial charge in [0.1, 0.15) is 18.5 Å². The second-order valence-corrected chi connectivity index (χ2v) is 11.6. The van der Waals surface area contributed by atoms with E-state index in [2.05, 4.69) is 25.6 Å². The summed E-state index contributed by atoms with van der Waals surface area (Å²) in [7, 11) is -3.55. The first-order chi connectivity index (χ1) is 19.1. The molecule has 3 aliphatic rings. The van der Waals surface area contributed by atoms with E-state index in [0.717, 1.165) is 5.01 Å². The second kappa shape index (κ2) is 13.9. The number of alkyl halides is 5. The van der Waals surface area contributed by atoms with Gasteiger partial charge in [-0.15, -0.1) is 0 Å². The van der Waals surface area contributed by atoms with Crippen LogP contribution in [0.15, 0.2) is 4.99 Å². The van der Waals surface area contributed by atoms with Crippen LogP contribution in [0.25, 0.3) is 0 Å². The van der Waals surface area contributed by atoms with E-state index in [0.29, 0.717) is 0 Å². The molecule has 7 unspecified atom stereocenters. The molecular formula is C22H35F5N5O8P. The van der Waals surface area contributed by atoms with Crippen molar-refractivity contribution in [1.29, 1.82) is 0 Å². The van der Waals surface area contributed by atoms with Crippen molar-refractivity contribution in [2.45, 2.75) is 82.2 Å². The van der Waals surface area contributed by atoms with Gasteiger partial charge in [0.15, 0.2) is 5.96 Å². The number of amides is 2. The molecule has 0 aromatic rings. The Morgan fingerprint density at radius 3 is 2.46 bits per heavy atom. The SMILES string of the molecule is COC[C@H](C)N/C(=N\C1NN(C(=O)OCOP(=O)(O)O)C2CC(C(F)(F)F)CCC12)NC(=O)C1CCC(F)C(F)C1. The molecule has 0 aromatic carbocycles. The molecule has 41 heavy (non-hydrogen) atoms. The molecule has 2 amide bonds. The standard InChI is InChI=1S/C22H35F5N5O8P/c1-11(9-38-2)28-20(30-19(33)12-3-6-15(23)16(24)7-12)29-18-14-5-4-13(22(25,26)27)8-17(14)32(31-18)21(34)39-10-40-41(35,36)37/h11-18,31H,3-10H2,1-2H3,(H2,35,36,37)(H2,28,29,30,33)/t11-,12?,13?,14?,15?,16?,17?,18?/m0/s1. The van der Waals surface area contributed by atoms with Crippen LogP contribution in [-0.2, 0) is 23.4 Å². The van der Waals surface area contributed by atoms with Gasteiger partial charge >= 0.3 is 20.1 Å². The number of halogens is 5. The summed E-state index contributed by atoms with van der Waals surface area (Å²) in [6, 6.07) is -1.49. The summed E-state index contributed by atoms with van der Waals surface area (Å²) in [5.74, 6) is -3.99. The van der Waals surface area contributed by atoms with Crippen LogP contribution in [0.1, 0.15) is 45.4 Å². The molecule has 2 saturated carbocycles. The van der Waals surface area contributed by atoms with E-state index in [-0.39, 0.29) is 44.7 Å². The molecule has 3 rings (SSSR count). The largest absolute Gasteiger partial charge is 0.472 e. The van der Waals surface area contributed by atoms with E-state index in [1.54, 1.807) is 6.92 Å². The predicted molar refractivity (Wildman–Crippen MR) is 131 cm³/mol. The Bertz CT molecular complexity index is 1000. The zero-order valence-electron chi connectivity index (χ0n) is 22.4. The van der Waals surface area contributed by atoms with E-state index >= 15 is 0 Å². The minimum absolute atomic E-state index is 0.0162. The Morgan fingerprint density at radius 2 is 1.85 bits per heavy atom. The van der Waals surface area contributed by atoms with Crippen LogP contribution in [-0.4, -0.2) is 90.0 Å². The Morgan fingerprint density at radius 1 is 1.15 bits per heavy atom. The summed E-state index contributed by atoms with van der Waals surface area (Å²) in [5.41, 5.74) is 2.68. The summed E-state index contributed by atoms with van der Waals surface area (Å²) in [6.07, 6.45) is -11.4. The topological polar surface area (TPSA) is 171 Å². The molecule has 1 heterocycles. The highest BCUT2D eigenvalue weighted by molar-refractivity contribution is 7.46. The van der Waals surface area contributed by atoms with Gasteiger partial charge in [0.05, 0.1) is 18.6 Å². The van der Waals surface area contributed by atoms with Crippen LogP contribution in [0, 0.1) is 17.8 Å². The molecule has 5 N–H and O–H groups in total. The van der Waals surface area contributed by atoms with Crippen molar-refractivity contribution in [1.82, 2.24) is 21.1 Å². The number of hydrogen-bond acceptors (Lipinski definition) is 8. The molecule has 3 fully saturated rings. The quantitative estimate of drug-likeness (QED) is 0.0889. The van der Waals surface area contributed by atoms with Gasteiger partial charge in [-0.1, -0.05) is 0 Å². The number of aliphatic imine (C=N–C) groups is 1. The Labute approximate surface area is 232 Å². The monoisotopic (exact) mass is 623 g/mol. The highest BCUT2D eigenvalue weighted by Gasteiger charge is 2.53.